The average Bonchev–Trinajstić information content (AvgIpc) is 2.82. The lowest BCUT2D eigenvalue weighted by Crippen LogP contribution is -2.33. The van der Waals surface area contributed by atoms with Gasteiger partial charge in [-0.1, -0.05) is 6.07 Å². The lowest BCUT2D eigenvalue weighted by Gasteiger charge is -2.22. The summed E-state index contributed by atoms with van der Waals surface area (Å²) < 4.78 is 28.1. The van der Waals surface area contributed by atoms with Crippen LogP contribution in [0.1, 0.15) is 11.3 Å². The van der Waals surface area contributed by atoms with E-state index in [1.165, 1.54) is 0 Å². The minimum Gasteiger partial charge on any atom is -0.487 e. The molecule has 0 radical (unpaired) electrons. The van der Waals surface area contributed by atoms with E-state index in [4.69, 9.17) is 23.7 Å². The number of nitrogens with zero attached hydrogens (tertiary/aromatic N) is 3. The van der Waals surface area contributed by atoms with E-state index < -0.39 is 0 Å². The summed E-state index contributed by atoms with van der Waals surface area (Å²) in [5.41, 5.74) is 2.71. The van der Waals surface area contributed by atoms with Gasteiger partial charge in [-0.2, -0.15) is 9.97 Å². The van der Waals surface area contributed by atoms with Gasteiger partial charge in [0.15, 0.2) is 5.82 Å². The van der Waals surface area contributed by atoms with Crippen molar-refractivity contribution < 1.29 is 23.7 Å². The SMILES string of the molecule is COc1cc(OC[C@H]2COCCO2)nc(-c2ccc(OCc3ccccn3)cc2C)n1. The summed E-state index contributed by atoms with van der Waals surface area (Å²) in [5, 5.41) is 0. The normalized spacial score (nSPS) is 16.0. The van der Waals surface area contributed by atoms with Gasteiger partial charge in [0.25, 0.3) is 0 Å². The average molecular weight is 423 g/mol. The molecule has 1 fully saturated rings. The Kier molecular flexibility index (Phi) is 6.91. The molecule has 0 N–H and O–H groups in total. The van der Waals surface area contributed by atoms with Gasteiger partial charge in [-0.3, -0.25) is 4.98 Å². The maximum absolute atomic E-state index is 5.86. The van der Waals surface area contributed by atoms with Gasteiger partial charge in [-0.15, -0.1) is 0 Å². The van der Waals surface area contributed by atoms with Gasteiger partial charge in [0.1, 0.15) is 25.1 Å². The van der Waals surface area contributed by atoms with E-state index in [2.05, 4.69) is 15.0 Å². The van der Waals surface area contributed by atoms with Crippen molar-refractivity contribution in [1.82, 2.24) is 15.0 Å². The highest BCUT2D eigenvalue weighted by atomic mass is 16.6. The zero-order valence-electron chi connectivity index (χ0n) is 17.6. The molecule has 1 aliphatic rings. The molecule has 1 aromatic carbocycles. The Morgan fingerprint density at radius 2 is 1.94 bits per heavy atom. The maximum atomic E-state index is 5.86. The second kappa shape index (κ2) is 10.2. The van der Waals surface area contributed by atoms with Gasteiger partial charge in [0, 0.05) is 11.8 Å². The molecule has 0 bridgehead atoms. The van der Waals surface area contributed by atoms with E-state index in [1.54, 1.807) is 19.4 Å². The van der Waals surface area contributed by atoms with Gasteiger partial charge in [-0.25, -0.2) is 0 Å². The molecule has 0 aliphatic carbocycles. The van der Waals surface area contributed by atoms with Crippen LogP contribution >= 0.6 is 0 Å². The summed E-state index contributed by atoms with van der Waals surface area (Å²) in [5.74, 6) is 2.12. The van der Waals surface area contributed by atoms with Crippen molar-refractivity contribution in [3.05, 3.63) is 59.9 Å². The zero-order chi connectivity index (χ0) is 21.5. The molecule has 1 atom stereocenters. The fourth-order valence-electron chi connectivity index (χ4n) is 3.13. The number of aromatic nitrogens is 3. The van der Waals surface area contributed by atoms with Crippen LogP contribution in [0.15, 0.2) is 48.7 Å². The third-order valence-corrected chi connectivity index (χ3v) is 4.74. The summed E-state index contributed by atoms with van der Waals surface area (Å²) in [6.45, 7) is 4.43. The minimum atomic E-state index is -0.115. The lowest BCUT2D eigenvalue weighted by molar-refractivity contribution is -0.102. The predicted octanol–water partition coefficient (Wildman–Crippen LogP) is 3.23. The molecule has 1 saturated heterocycles. The summed E-state index contributed by atoms with van der Waals surface area (Å²) in [4.78, 5) is 13.3. The van der Waals surface area contributed by atoms with E-state index in [1.807, 2.05) is 43.3 Å². The molecule has 8 heteroatoms. The van der Waals surface area contributed by atoms with Crippen LogP contribution in [-0.4, -0.2) is 54.6 Å². The first-order valence-electron chi connectivity index (χ1n) is 10.1. The van der Waals surface area contributed by atoms with Crippen molar-refractivity contribution in [3.8, 4) is 28.9 Å². The van der Waals surface area contributed by atoms with Crippen LogP contribution < -0.4 is 14.2 Å². The first-order chi connectivity index (χ1) is 15.2. The van der Waals surface area contributed by atoms with Gasteiger partial charge in [-0.05, 0) is 42.8 Å². The van der Waals surface area contributed by atoms with E-state index in [-0.39, 0.29) is 6.10 Å². The Hall–Kier alpha value is -3.23. The molecule has 0 spiro atoms. The molecule has 3 aromatic rings. The second-order valence-electron chi connectivity index (χ2n) is 7.04. The van der Waals surface area contributed by atoms with Crippen molar-refractivity contribution in [1.29, 1.82) is 0 Å². The summed E-state index contributed by atoms with van der Waals surface area (Å²) in [6.07, 6.45) is 1.63. The Labute approximate surface area is 181 Å². The number of ether oxygens (including phenoxy) is 5. The smallest absolute Gasteiger partial charge is 0.220 e. The van der Waals surface area contributed by atoms with Crippen LogP contribution in [-0.2, 0) is 16.1 Å². The standard InChI is InChI=1S/C23H25N3O5/c1-16-11-18(30-13-17-5-3-4-8-24-17)6-7-20(16)23-25-21(27-2)12-22(26-23)31-15-19-14-28-9-10-29-19/h3-8,11-12,19H,9-10,13-15H2,1-2H3/t19-/m1/s1. The van der Waals surface area contributed by atoms with Gasteiger partial charge >= 0.3 is 0 Å². The van der Waals surface area contributed by atoms with Crippen LogP contribution in [0.25, 0.3) is 11.4 Å². The number of pyridine rings is 1. The lowest BCUT2D eigenvalue weighted by atomic mass is 10.1. The van der Waals surface area contributed by atoms with Crippen LogP contribution in [0, 0.1) is 6.92 Å². The molecule has 0 saturated carbocycles. The first kappa shape index (κ1) is 21.0. The van der Waals surface area contributed by atoms with Crippen molar-refractivity contribution in [2.45, 2.75) is 19.6 Å². The van der Waals surface area contributed by atoms with Crippen LogP contribution in [0.2, 0.25) is 0 Å². The van der Waals surface area contributed by atoms with Crippen molar-refractivity contribution in [3.63, 3.8) is 0 Å². The Balaban J connectivity index is 1.48. The topological polar surface area (TPSA) is 84.8 Å². The number of benzene rings is 1. The van der Waals surface area contributed by atoms with Gasteiger partial charge < -0.3 is 23.7 Å². The van der Waals surface area contributed by atoms with Gasteiger partial charge in [0.05, 0.1) is 38.7 Å². The van der Waals surface area contributed by atoms with E-state index in [0.29, 0.717) is 50.6 Å². The highest BCUT2D eigenvalue weighted by molar-refractivity contribution is 5.62. The Morgan fingerprint density at radius 1 is 1.03 bits per heavy atom. The summed E-state index contributed by atoms with van der Waals surface area (Å²) in [7, 11) is 1.56. The molecule has 162 valence electrons. The third-order valence-electron chi connectivity index (χ3n) is 4.74. The zero-order valence-corrected chi connectivity index (χ0v) is 17.6. The molecule has 2 aromatic heterocycles. The maximum Gasteiger partial charge on any atom is 0.220 e. The Morgan fingerprint density at radius 3 is 2.68 bits per heavy atom. The van der Waals surface area contributed by atoms with E-state index in [9.17, 15) is 0 Å². The molecule has 0 unspecified atom stereocenters. The van der Waals surface area contributed by atoms with E-state index >= 15 is 0 Å². The fourth-order valence-corrected chi connectivity index (χ4v) is 3.13. The van der Waals surface area contributed by atoms with Crippen molar-refractivity contribution in [2.75, 3.05) is 33.5 Å². The largest absolute Gasteiger partial charge is 0.487 e. The number of hydrogen-bond acceptors (Lipinski definition) is 8. The van der Waals surface area contributed by atoms with E-state index in [0.717, 1.165) is 22.6 Å². The van der Waals surface area contributed by atoms with Crippen molar-refractivity contribution >= 4 is 0 Å². The number of methoxy groups -OCH3 is 1. The minimum absolute atomic E-state index is 0.115. The molecule has 1 aliphatic heterocycles. The van der Waals surface area contributed by atoms with Crippen LogP contribution in [0.3, 0.4) is 0 Å². The van der Waals surface area contributed by atoms with Gasteiger partial charge in [0.2, 0.25) is 11.8 Å². The summed E-state index contributed by atoms with van der Waals surface area (Å²) >= 11 is 0. The number of hydrogen-bond donors (Lipinski definition) is 0. The second-order valence-corrected chi connectivity index (χ2v) is 7.04. The monoisotopic (exact) mass is 423 g/mol. The molecule has 4 rings (SSSR count). The molecule has 8 nitrogen and oxygen atoms in total. The summed E-state index contributed by atoms with van der Waals surface area (Å²) in [6, 6.07) is 13.2. The molecule has 31 heavy (non-hydrogen) atoms. The predicted molar refractivity (Wildman–Crippen MR) is 113 cm³/mol. The highest BCUT2D eigenvalue weighted by Crippen LogP contribution is 2.28. The van der Waals surface area contributed by atoms with Crippen LogP contribution in [0.4, 0.5) is 0 Å². The van der Waals surface area contributed by atoms with Crippen LogP contribution in [0.5, 0.6) is 17.5 Å². The first-order valence-corrected chi connectivity index (χ1v) is 10.1. The Bertz CT molecular complexity index is 994. The molecular formula is C23H25N3O5. The molecule has 3 heterocycles. The highest BCUT2D eigenvalue weighted by Gasteiger charge is 2.17. The van der Waals surface area contributed by atoms with Crippen molar-refractivity contribution in [2.24, 2.45) is 0 Å². The fraction of sp³-hybridized carbons (Fsp3) is 0.348. The quantitative estimate of drug-likeness (QED) is 0.546. The third kappa shape index (κ3) is 5.68. The number of aryl methyl sites for hydroxylation is 1. The molecular weight excluding hydrogens is 398 g/mol. The molecule has 0 amide bonds. The number of rotatable bonds is 8.